The second kappa shape index (κ2) is 13.0. The SMILES string of the molecule is [3H]C([3H])(CCCCC)C([3H])([3H])CCCCCCO. The van der Waals surface area contributed by atoms with Gasteiger partial charge >= 0.3 is 0 Å². The van der Waals surface area contributed by atoms with E-state index < -0.39 is 12.7 Å². The Morgan fingerprint density at radius 2 is 1.29 bits per heavy atom. The van der Waals surface area contributed by atoms with E-state index >= 15 is 0 Å². The van der Waals surface area contributed by atoms with Gasteiger partial charge in [-0.3, -0.25) is 0 Å². The first-order chi connectivity index (χ1) is 8.37. The van der Waals surface area contributed by atoms with Crippen LogP contribution in [0.3, 0.4) is 0 Å². The molecule has 1 N–H and O–H groups in total. The predicted molar refractivity (Wildman–Crippen MR) is 63.5 cm³/mol. The van der Waals surface area contributed by atoms with Gasteiger partial charge in [0.15, 0.2) is 0 Å². The molecule has 0 aliphatic carbocycles. The first kappa shape index (κ1) is 8.15. The van der Waals surface area contributed by atoms with Gasteiger partial charge in [-0.05, 0) is 6.42 Å². The highest BCUT2D eigenvalue weighted by Crippen LogP contribution is 2.10. The Morgan fingerprint density at radius 3 is 1.86 bits per heavy atom. The van der Waals surface area contributed by atoms with E-state index in [2.05, 4.69) is 6.92 Å². The predicted octanol–water partition coefficient (Wildman–Crippen LogP) is 4.29. The lowest BCUT2D eigenvalue weighted by Gasteiger charge is -2.01. The molecule has 0 atom stereocenters. The summed E-state index contributed by atoms with van der Waals surface area (Å²) < 4.78 is 31.5. The van der Waals surface area contributed by atoms with Gasteiger partial charge in [-0.25, -0.2) is 0 Å². The molecule has 0 bridgehead atoms. The number of aliphatic hydroxyl groups excluding tert-OH is 1. The molecule has 1 heteroatoms. The van der Waals surface area contributed by atoms with Gasteiger partial charge in [-0.2, -0.15) is 0 Å². The van der Waals surface area contributed by atoms with Crippen molar-refractivity contribution in [3.63, 3.8) is 0 Å². The Balaban J connectivity index is 3.99. The molecule has 0 unspecified atom stereocenters. The molecule has 0 radical (unpaired) electrons. The fourth-order valence-electron chi connectivity index (χ4n) is 1.32. The minimum atomic E-state index is -1.74. The molecule has 0 aliphatic heterocycles. The van der Waals surface area contributed by atoms with Crippen LogP contribution in [0.4, 0.5) is 0 Å². The quantitative estimate of drug-likeness (QED) is 0.502. The van der Waals surface area contributed by atoms with Gasteiger partial charge in [0.1, 0.15) is 0 Å². The standard InChI is InChI=1S/C13H28O/c1-2-3-4-5-6-7-8-9-10-11-12-13-14/h14H,2-13H2,1H3/i6T2,7T2. The van der Waals surface area contributed by atoms with Crippen molar-refractivity contribution in [2.75, 3.05) is 6.61 Å². The highest BCUT2D eigenvalue weighted by molar-refractivity contribution is 4.47. The van der Waals surface area contributed by atoms with E-state index in [1.165, 1.54) is 0 Å². The van der Waals surface area contributed by atoms with Crippen LogP contribution in [0.25, 0.3) is 0 Å². The molecule has 0 saturated carbocycles. The lowest BCUT2D eigenvalue weighted by atomic mass is 10.1. The minimum Gasteiger partial charge on any atom is -0.396 e. The molecule has 0 aromatic heterocycles. The molecule has 0 fully saturated rings. The van der Waals surface area contributed by atoms with Crippen molar-refractivity contribution < 1.29 is 10.6 Å². The molecule has 0 aromatic rings. The van der Waals surface area contributed by atoms with Crippen molar-refractivity contribution in [1.82, 2.24) is 0 Å². The summed E-state index contributed by atoms with van der Waals surface area (Å²) in [6.07, 6.45) is 3.09. The van der Waals surface area contributed by atoms with Gasteiger partial charge in [-0.1, -0.05) is 71.0 Å². The average Bonchev–Trinajstić information content (AvgIpc) is 2.28. The lowest BCUT2D eigenvalue weighted by molar-refractivity contribution is 0.282. The van der Waals surface area contributed by atoms with E-state index in [0.29, 0.717) is 12.8 Å². The highest BCUT2D eigenvalue weighted by atomic mass is 16.2. The topological polar surface area (TPSA) is 20.2 Å². The van der Waals surface area contributed by atoms with Crippen molar-refractivity contribution in [2.24, 2.45) is 0 Å². The van der Waals surface area contributed by atoms with Crippen molar-refractivity contribution in [1.29, 1.82) is 0 Å². The normalized spacial score (nSPS) is 17.0. The van der Waals surface area contributed by atoms with E-state index in [1.807, 2.05) is 0 Å². The van der Waals surface area contributed by atoms with Crippen molar-refractivity contribution >= 4 is 0 Å². The van der Waals surface area contributed by atoms with E-state index in [4.69, 9.17) is 10.6 Å². The maximum Gasteiger partial charge on any atom is 0.0431 e. The summed E-state index contributed by atoms with van der Waals surface area (Å²) in [5.41, 5.74) is 0. The number of unbranched alkanes of at least 4 members (excludes halogenated alkanes) is 5. The third kappa shape index (κ3) is 12.0. The summed E-state index contributed by atoms with van der Waals surface area (Å²) in [4.78, 5) is 0. The molecule has 86 valence electrons. The monoisotopic (exact) mass is 208 g/mol. The summed E-state index contributed by atoms with van der Waals surface area (Å²) in [6, 6.07) is 0. The third-order valence-corrected chi connectivity index (χ3v) is 2.24. The van der Waals surface area contributed by atoms with Crippen LogP contribution in [-0.2, 0) is 0 Å². The number of hydrogen-bond donors (Lipinski definition) is 1. The van der Waals surface area contributed by atoms with Gasteiger partial charge in [0.2, 0.25) is 0 Å². The molecule has 0 amide bonds. The number of hydrogen-bond acceptors (Lipinski definition) is 1. The Labute approximate surface area is 95.5 Å². The van der Waals surface area contributed by atoms with Crippen molar-refractivity contribution in [2.45, 2.75) is 77.5 Å². The van der Waals surface area contributed by atoms with E-state index in [-0.39, 0.29) is 13.0 Å². The van der Waals surface area contributed by atoms with Crippen LogP contribution < -0.4 is 0 Å². The first-order valence-electron chi connectivity index (χ1n) is 7.98. The zero-order valence-electron chi connectivity index (χ0n) is 13.5. The molecular weight excluding hydrogens is 172 g/mol. The van der Waals surface area contributed by atoms with Gasteiger partial charge in [0.25, 0.3) is 0 Å². The number of rotatable bonds is 11. The molecule has 0 spiro atoms. The zero-order valence-corrected chi connectivity index (χ0v) is 9.52. The Hall–Kier alpha value is -0.0400. The van der Waals surface area contributed by atoms with Gasteiger partial charge < -0.3 is 5.11 Å². The Kier molecular flexibility index (Phi) is 7.55. The molecule has 0 rings (SSSR count). The maximum atomic E-state index is 8.64. The molecule has 0 saturated heterocycles. The highest BCUT2D eigenvalue weighted by Gasteiger charge is 1.91. The Bertz CT molecular complexity index is 207. The first-order valence-corrected chi connectivity index (χ1v) is 5.98. The van der Waals surface area contributed by atoms with Gasteiger partial charge in [0.05, 0.1) is 0 Å². The average molecular weight is 208 g/mol. The van der Waals surface area contributed by atoms with E-state index in [0.717, 1.165) is 38.5 Å². The maximum absolute atomic E-state index is 8.64. The second-order valence-electron chi connectivity index (χ2n) is 3.70. The largest absolute Gasteiger partial charge is 0.396 e. The summed E-state index contributed by atoms with van der Waals surface area (Å²) in [5, 5.41) is 8.64. The van der Waals surface area contributed by atoms with E-state index in [9.17, 15) is 0 Å². The fraction of sp³-hybridized carbons (Fsp3) is 1.00. The van der Waals surface area contributed by atoms with Gasteiger partial charge in [0, 0.05) is 12.1 Å². The van der Waals surface area contributed by atoms with Crippen LogP contribution in [0, 0.1) is 0 Å². The molecule has 14 heavy (non-hydrogen) atoms. The van der Waals surface area contributed by atoms with Gasteiger partial charge in [-0.15, -0.1) is 0 Å². The van der Waals surface area contributed by atoms with Crippen molar-refractivity contribution in [3.8, 4) is 0 Å². The van der Waals surface area contributed by atoms with Crippen LogP contribution in [0.5, 0.6) is 0 Å². The number of aliphatic hydroxyl groups is 1. The second-order valence-corrected chi connectivity index (χ2v) is 3.70. The summed E-state index contributed by atoms with van der Waals surface area (Å²) in [5.74, 6) is 0. The van der Waals surface area contributed by atoms with Crippen molar-refractivity contribution in [3.05, 3.63) is 0 Å². The molecule has 1 nitrogen and oxygen atoms in total. The lowest BCUT2D eigenvalue weighted by Crippen LogP contribution is -1.84. The summed E-state index contributed by atoms with van der Waals surface area (Å²) in [7, 11) is 0. The molecule has 0 aliphatic rings. The van der Waals surface area contributed by atoms with Crippen LogP contribution in [-0.4, -0.2) is 11.7 Å². The zero-order chi connectivity index (χ0) is 14.1. The van der Waals surface area contributed by atoms with Crippen LogP contribution in [0.1, 0.15) is 82.9 Å². The third-order valence-electron chi connectivity index (χ3n) is 2.24. The van der Waals surface area contributed by atoms with E-state index in [1.54, 1.807) is 0 Å². The van der Waals surface area contributed by atoms with Crippen LogP contribution in [0.15, 0.2) is 0 Å². The Morgan fingerprint density at radius 1 is 0.786 bits per heavy atom. The minimum absolute atomic E-state index is 0.185. The van der Waals surface area contributed by atoms with Crippen LogP contribution >= 0.6 is 0 Å². The molecule has 0 aromatic carbocycles. The fourth-order valence-corrected chi connectivity index (χ4v) is 1.32. The summed E-state index contributed by atoms with van der Waals surface area (Å²) in [6.45, 7) is 2.25. The van der Waals surface area contributed by atoms with Crippen LogP contribution in [0.2, 0.25) is 0 Å². The summed E-state index contributed by atoms with van der Waals surface area (Å²) >= 11 is 0. The molecule has 0 heterocycles. The smallest absolute Gasteiger partial charge is 0.0431 e. The molecular formula is C13H28O.